The van der Waals surface area contributed by atoms with E-state index in [0.717, 1.165) is 25.7 Å². The third kappa shape index (κ3) is 7.19. The first-order chi connectivity index (χ1) is 14.5. The van der Waals surface area contributed by atoms with Crippen LogP contribution in [0.3, 0.4) is 0 Å². The zero-order valence-corrected chi connectivity index (χ0v) is 23.1. The van der Waals surface area contributed by atoms with Crippen molar-refractivity contribution >= 4 is 0 Å². The lowest BCUT2D eigenvalue weighted by atomic mass is 9.72. The molecule has 0 heterocycles. The van der Waals surface area contributed by atoms with Crippen molar-refractivity contribution in [3.8, 4) is 0 Å². The van der Waals surface area contributed by atoms with Crippen molar-refractivity contribution in [2.75, 3.05) is 0 Å². The fourth-order valence-electron chi connectivity index (χ4n) is 5.91. The zero-order chi connectivity index (χ0) is 24.5. The molecule has 2 aliphatic rings. The monoisotopic (exact) mass is 442 g/mol. The van der Waals surface area contributed by atoms with E-state index in [1.807, 2.05) is 0 Å². The van der Waals surface area contributed by atoms with Crippen molar-refractivity contribution < 1.29 is 9.78 Å². The molecule has 2 atom stereocenters. The van der Waals surface area contributed by atoms with Gasteiger partial charge in [-0.25, -0.2) is 9.78 Å². The first-order valence-electron chi connectivity index (χ1n) is 12.6. The molecule has 0 fully saturated rings. The second kappa shape index (κ2) is 9.63. The van der Waals surface area contributed by atoms with Gasteiger partial charge in [-0.2, -0.15) is 0 Å². The van der Waals surface area contributed by atoms with Gasteiger partial charge in [0.05, 0.1) is 0 Å². The van der Waals surface area contributed by atoms with Crippen molar-refractivity contribution in [1.29, 1.82) is 0 Å². The SMILES string of the molecule is CC1=CC(C)(C)CC(C(C)(CC(C)C)OOC(C)(CC(C)C)C2=CC(C)=CC(C)(C)C2)=C1. The summed E-state index contributed by atoms with van der Waals surface area (Å²) in [5.74, 6) is 1.02. The van der Waals surface area contributed by atoms with E-state index in [-0.39, 0.29) is 10.8 Å². The highest BCUT2D eigenvalue weighted by atomic mass is 17.2. The van der Waals surface area contributed by atoms with Crippen LogP contribution in [0.15, 0.2) is 46.6 Å². The maximum atomic E-state index is 6.59. The van der Waals surface area contributed by atoms with Gasteiger partial charge < -0.3 is 0 Å². The van der Waals surface area contributed by atoms with Crippen molar-refractivity contribution in [3.05, 3.63) is 46.6 Å². The van der Waals surface area contributed by atoms with Crippen LogP contribution in [0.4, 0.5) is 0 Å². The van der Waals surface area contributed by atoms with Crippen LogP contribution < -0.4 is 0 Å². The maximum absolute atomic E-state index is 6.59. The van der Waals surface area contributed by atoms with E-state index in [1.54, 1.807) is 0 Å². The summed E-state index contributed by atoms with van der Waals surface area (Å²) in [5, 5.41) is 0. The highest BCUT2D eigenvalue weighted by Crippen LogP contribution is 2.45. The van der Waals surface area contributed by atoms with Crippen molar-refractivity contribution in [1.82, 2.24) is 0 Å². The standard InChI is InChI=1S/C30H50O2/c1-21(2)15-29(11,25-13-23(5)17-27(7,8)19-25)31-32-30(12,16-22(3)4)26-14-24(6)18-28(9,10)20-26/h13-14,17-18,21-22H,15-16,19-20H2,1-12H3. The molecule has 0 aliphatic heterocycles. The van der Waals surface area contributed by atoms with Gasteiger partial charge >= 0.3 is 0 Å². The molecule has 2 nitrogen and oxygen atoms in total. The molecule has 0 aromatic heterocycles. The molecule has 0 N–H and O–H groups in total. The molecule has 0 aromatic rings. The highest BCUT2D eigenvalue weighted by Gasteiger charge is 2.42. The summed E-state index contributed by atoms with van der Waals surface area (Å²) in [6.07, 6.45) is 13.3. The molecule has 0 saturated carbocycles. The predicted molar refractivity (Wildman–Crippen MR) is 138 cm³/mol. The van der Waals surface area contributed by atoms with E-state index in [0.29, 0.717) is 11.8 Å². The molecule has 182 valence electrons. The minimum absolute atomic E-state index is 0.134. The Morgan fingerprint density at radius 1 is 0.719 bits per heavy atom. The molecule has 2 unspecified atom stereocenters. The Balaban J connectivity index is 2.40. The summed E-state index contributed by atoms with van der Waals surface area (Å²) in [6.45, 7) is 27.2. The number of hydrogen-bond donors (Lipinski definition) is 0. The summed E-state index contributed by atoms with van der Waals surface area (Å²) in [6, 6.07) is 0. The number of rotatable bonds is 9. The lowest BCUT2D eigenvalue weighted by molar-refractivity contribution is -0.396. The zero-order valence-electron chi connectivity index (χ0n) is 23.1. The van der Waals surface area contributed by atoms with Crippen LogP contribution in [0.1, 0.15) is 109 Å². The molecule has 0 bridgehead atoms. The van der Waals surface area contributed by atoms with Crippen LogP contribution in [0, 0.1) is 22.7 Å². The maximum Gasteiger partial charge on any atom is 0.122 e. The summed E-state index contributed by atoms with van der Waals surface area (Å²) < 4.78 is 0. The van der Waals surface area contributed by atoms with Gasteiger partial charge in [-0.3, -0.25) is 0 Å². The first-order valence-corrected chi connectivity index (χ1v) is 12.6. The van der Waals surface area contributed by atoms with Crippen LogP contribution in [-0.2, 0) is 9.78 Å². The fourth-order valence-corrected chi connectivity index (χ4v) is 5.91. The summed E-state index contributed by atoms with van der Waals surface area (Å²) in [4.78, 5) is 13.2. The van der Waals surface area contributed by atoms with Gasteiger partial charge in [-0.1, -0.05) is 90.8 Å². The highest BCUT2D eigenvalue weighted by molar-refractivity contribution is 5.36. The van der Waals surface area contributed by atoms with Gasteiger partial charge in [-0.15, -0.1) is 0 Å². The minimum atomic E-state index is -0.450. The molecule has 2 aliphatic carbocycles. The average molecular weight is 443 g/mol. The Morgan fingerprint density at radius 3 is 1.28 bits per heavy atom. The van der Waals surface area contributed by atoms with Crippen LogP contribution in [-0.4, -0.2) is 11.2 Å². The molecule has 2 heteroatoms. The molecular weight excluding hydrogens is 392 g/mol. The van der Waals surface area contributed by atoms with E-state index in [1.165, 1.54) is 22.3 Å². The van der Waals surface area contributed by atoms with Crippen LogP contribution in [0.5, 0.6) is 0 Å². The van der Waals surface area contributed by atoms with Gasteiger partial charge in [-0.05, 0) is 87.2 Å². The topological polar surface area (TPSA) is 18.5 Å². The molecular formula is C30H50O2. The Morgan fingerprint density at radius 2 is 1.03 bits per heavy atom. The second-order valence-corrected chi connectivity index (χ2v) is 13.3. The van der Waals surface area contributed by atoms with E-state index in [2.05, 4.69) is 107 Å². The number of hydrogen-bond acceptors (Lipinski definition) is 2. The van der Waals surface area contributed by atoms with Crippen LogP contribution >= 0.6 is 0 Å². The Kier molecular flexibility index (Phi) is 8.16. The lowest BCUT2D eigenvalue weighted by Crippen LogP contribution is -2.42. The Hall–Kier alpha value is -1.12. The third-order valence-corrected chi connectivity index (χ3v) is 6.70. The third-order valence-electron chi connectivity index (χ3n) is 6.70. The van der Waals surface area contributed by atoms with Crippen molar-refractivity contribution in [3.63, 3.8) is 0 Å². The Bertz CT molecular complexity index is 735. The van der Waals surface area contributed by atoms with E-state index < -0.39 is 11.2 Å². The lowest BCUT2D eigenvalue weighted by Gasteiger charge is -2.43. The normalized spacial score (nSPS) is 24.3. The fraction of sp³-hybridized carbons (Fsp3) is 0.733. The Labute approximate surface area is 199 Å². The smallest absolute Gasteiger partial charge is 0.122 e. The summed E-state index contributed by atoms with van der Waals surface area (Å²) in [7, 11) is 0. The number of allylic oxidation sites excluding steroid dienone is 6. The van der Waals surface area contributed by atoms with E-state index in [9.17, 15) is 0 Å². The predicted octanol–water partition coefficient (Wildman–Crippen LogP) is 9.15. The van der Waals surface area contributed by atoms with Gasteiger partial charge in [0.15, 0.2) is 0 Å². The molecule has 0 aromatic carbocycles. The van der Waals surface area contributed by atoms with Crippen molar-refractivity contribution in [2.24, 2.45) is 22.7 Å². The second-order valence-electron chi connectivity index (χ2n) is 13.3. The minimum Gasteiger partial charge on any atom is -0.225 e. The molecule has 2 rings (SSSR count). The molecule has 0 amide bonds. The quantitative estimate of drug-likeness (QED) is 0.262. The van der Waals surface area contributed by atoms with Crippen LogP contribution in [0.25, 0.3) is 0 Å². The molecule has 0 radical (unpaired) electrons. The van der Waals surface area contributed by atoms with Gasteiger partial charge in [0, 0.05) is 0 Å². The first kappa shape index (κ1) is 27.1. The van der Waals surface area contributed by atoms with Gasteiger partial charge in [0.2, 0.25) is 0 Å². The van der Waals surface area contributed by atoms with Crippen LogP contribution in [0.2, 0.25) is 0 Å². The molecule has 0 saturated heterocycles. The average Bonchev–Trinajstić information content (AvgIpc) is 2.55. The van der Waals surface area contributed by atoms with Gasteiger partial charge in [0.1, 0.15) is 11.2 Å². The molecule has 0 spiro atoms. The largest absolute Gasteiger partial charge is 0.225 e. The summed E-state index contributed by atoms with van der Waals surface area (Å²) >= 11 is 0. The van der Waals surface area contributed by atoms with E-state index in [4.69, 9.17) is 9.78 Å². The summed E-state index contributed by atoms with van der Waals surface area (Å²) in [5.41, 5.74) is 4.69. The van der Waals surface area contributed by atoms with Gasteiger partial charge in [0.25, 0.3) is 0 Å². The van der Waals surface area contributed by atoms with Crippen molar-refractivity contribution in [2.45, 2.75) is 120 Å². The molecule has 32 heavy (non-hydrogen) atoms. The van der Waals surface area contributed by atoms with E-state index >= 15 is 0 Å².